The summed E-state index contributed by atoms with van der Waals surface area (Å²) in [6.45, 7) is 3.15. The van der Waals surface area contributed by atoms with Gasteiger partial charge in [0.25, 0.3) is 0 Å². The molecule has 0 saturated heterocycles. The van der Waals surface area contributed by atoms with Crippen LogP contribution in [0.3, 0.4) is 0 Å². The van der Waals surface area contributed by atoms with E-state index in [1.165, 1.54) is 31.2 Å². The molecule has 1 fully saturated rings. The van der Waals surface area contributed by atoms with E-state index in [-0.39, 0.29) is 5.91 Å². The number of benzene rings is 1. The Morgan fingerprint density at radius 3 is 2.73 bits per heavy atom. The molecule has 0 radical (unpaired) electrons. The third-order valence-corrected chi connectivity index (χ3v) is 7.09. The summed E-state index contributed by atoms with van der Waals surface area (Å²) in [5, 5.41) is 20.0. The van der Waals surface area contributed by atoms with Crippen molar-refractivity contribution in [3.05, 3.63) is 40.4 Å². The third-order valence-electron chi connectivity index (χ3n) is 6.14. The minimum atomic E-state index is 0.00928. The number of aromatic amines is 1. The number of H-pyrrole nitrogens is 1. The highest BCUT2D eigenvalue weighted by Crippen LogP contribution is 2.33. The largest absolute Gasteiger partial charge is 0.356 e. The van der Waals surface area contributed by atoms with Gasteiger partial charge in [0, 0.05) is 37.5 Å². The molecule has 4 rings (SSSR count). The van der Waals surface area contributed by atoms with Gasteiger partial charge in [0.05, 0.1) is 0 Å². The van der Waals surface area contributed by atoms with Crippen molar-refractivity contribution in [1.29, 1.82) is 0 Å². The number of aromatic nitrogens is 6. The van der Waals surface area contributed by atoms with Gasteiger partial charge in [-0.1, -0.05) is 54.4 Å². The Morgan fingerprint density at radius 2 is 2.00 bits per heavy atom. The van der Waals surface area contributed by atoms with E-state index in [0.29, 0.717) is 30.3 Å². The van der Waals surface area contributed by atoms with E-state index >= 15 is 0 Å². The average molecular weight is 486 g/mol. The van der Waals surface area contributed by atoms with Crippen LogP contribution < -0.4 is 5.32 Å². The summed E-state index contributed by atoms with van der Waals surface area (Å²) in [7, 11) is 0. The Hall–Kier alpha value is -2.46. The van der Waals surface area contributed by atoms with E-state index in [4.69, 9.17) is 12.2 Å². The van der Waals surface area contributed by atoms with E-state index in [1.54, 1.807) is 11.8 Å². The SMILES string of the molecule is CSc1nnc(CCCNC(=O)CCn2c(-c3ccc(C)cc3)n[nH]c2=S)n1C1CCCC1. The number of amides is 1. The van der Waals surface area contributed by atoms with E-state index in [0.717, 1.165) is 35.2 Å². The van der Waals surface area contributed by atoms with Crippen molar-refractivity contribution in [3.63, 3.8) is 0 Å². The zero-order valence-corrected chi connectivity index (χ0v) is 20.8. The molecule has 2 aromatic heterocycles. The molecule has 10 heteroatoms. The Balaban J connectivity index is 1.27. The molecule has 1 aliphatic rings. The molecular weight excluding hydrogens is 454 g/mol. The summed E-state index contributed by atoms with van der Waals surface area (Å²) in [5.41, 5.74) is 2.16. The molecule has 1 amide bonds. The van der Waals surface area contributed by atoms with Crippen LogP contribution in [0.5, 0.6) is 0 Å². The molecule has 2 N–H and O–H groups in total. The number of carbonyl (C=O) groups excluding carboxylic acids is 1. The molecule has 1 aromatic carbocycles. The molecule has 0 aliphatic heterocycles. The molecule has 0 bridgehead atoms. The minimum Gasteiger partial charge on any atom is -0.356 e. The first-order valence-electron chi connectivity index (χ1n) is 11.5. The standard InChI is InChI=1S/C23H31N7OS2/c1-16-9-11-17(12-10-16)21-26-27-22(32)29(21)15-13-20(31)24-14-5-8-19-25-28-23(33-2)30(19)18-6-3-4-7-18/h9-12,18H,3-8,13-15H2,1-2H3,(H,24,31)(H,27,32). The number of carbonyl (C=O) groups is 1. The zero-order chi connectivity index (χ0) is 23.2. The predicted molar refractivity (Wildman–Crippen MR) is 133 cm³/mol. The number of nitrogens with one attached hydrogen (secondary N) is 2. The van der Waals surface area contributed by atoms with Crippen LogP contribution in [0.15, 0.2) is 29.4 Å². The Labute approximate surface area is 203 Å². The van der Waals surface area contributed by atoms with Crippen LogP contribution in [0.2, 0.25) is 0 Å². The third kappa shape index (κ3) is 5.73. The van der Waals surface area contributed by atoms with Gasteiger partial charge in [0.1, 0.15) is 5.82 Å². The lowest BCUT2D eigenvalue weighted by Gasteiger charge is -2.16. The van der Waals surface area contributed by atoms with Gasteiger partial charge < -0.3 is 9.88 Å². The normalized spacial score (nSPS) is 14.1. The topological polar surface area (TPSA) is 93.4 Å². The highest BCUT2D eigenvalue weighted by Gasteiger charge is 2.23. The van der Waals surface area contributed by atoms with Crippen molar-refractivity contribution in [1.82, 2.24) is 34.8 Å². The van der Waals surface area contributed by atoms with Gasteiger partial charge in [0.2, 0.25) is 5.91 Å². The monoisotopic (exact) mass is 485 g/mol. The number of thioether (sulfide) groups is 1. The Morgan fingerprint density at radius 1 is 1.24 bits per heavy atom. The molecule has 1 aliphatic carbocycles. The smallest absolute Gasteiger partial charge is 0.221 e. The number of hydrogen-bond acceptors (Lipinski definition) is 6. The van der Waals surface area contributed by atoms with Crippen LogP contribution in [0, 0.1) is 11.7 Å². The van der Waals surface area contributed by atoms with Gasteiger partial charge in [-0.2, -0.15) is 5.10 Å². The van der Waals surface area contributed by atoms with Crippen molar-refractivity contribution < 1.29 is 4.79 Å². The zero-order valence-electron chi connectivity index (χ0n) is 19.2. The lowest BCUT2D eigenvalue weighted by Crippen LogP contribution is -2.26. The lowest BCUT2D eigenvalue weighted by molar-refractivity contribution is -0.121. The van der Waals surface area contributed by atoms with Crippen LogP contribution in [0.25, 0.3) is 11.4 Å². The summed E-state index contributed by atoms with van der Waals surface area (Å²) in [6, 6.07) is 8.64. The Kier molecular flexibility index (Phi) is 7.97. The van der Waals surface area contributed by atoms with Crippen LogP contribution in [0.1, 0.15) is 56.0 Å². The predicted octanol–water partition coefficient (Wildman–Crippen LogP) is 4.48. The summed E-state index contributed by atoms with van der Waals surface area (Å²) in [4.78, 5) is 12.5. The second-order valence-corrected chi connectivity index (χ2v) is 9.64. The van der Waals surface area contributed by atoms with Crippen molar-refractivity contribution in [3.8, 4) is 11.4 Å². The second kappa shape index (κ2) is 11.1. The fourth-order valence-electron chi connectivity index (χ4n) is 4.37. The quantitative estimate of drug-likeness (QED) is 0.250. The Bertz CT molecular complexity index is 1130. The van der Waals surface area contributed by atoms with Crippen LogP contribution >= 0.6 is 24.0 Å². The van der Waals surface area contributed by atoms with Gasteiger partial charge >= 0.3 is 0 Å². The first kappa shape index (κ1) is 23.7. The van der Waals surface area contributed by atoms with Crippen LogP contribution in [-0.2, 0) is 17.8 Å². The second-order valence-electron chi connectivity index (χ2n) is 8.48. The summed E-state index contributed by atoms with van der Waals surface area (Å²) in [6.07, 6.45) is 9.01. The van der Waals surface area contributed by atoms with Crippen molar-refractivity contribution >= 4 is 29.9 Å². The van der Waals surface area contributed by atoms with Crippen molar-refractivity contribution in [2.75, 3.05) is 12.8 Å². The van der Waals surface area contributed by atoms with Gasteiger partial charge in [0.15, 0.2) is 15.8 Å². The molecular formula is C23H31N7OS2. The van der Waals surface area contributed by atoms with Crippen molar-refractivity contribution in [2.45, 2.75) is 69.6 Å². The average Bonchev–Trinajstić information content (AvgIpc) is 3.55. The molecule has 1 saturated carbocycles. The number of rotatable bonds is 10. The van der Waals surface area contributed by atoms with Gasteiger partial charge in [-0.15, -0.1) is 10.2 Å². The molecule has 0 unspecified atom stereocenters. The molecule has 33 heavy (non-hydrogen) atoms. The van der Waals surface area contributed by atoms with Gasteiger partial charge in [-0.25, -0.2) is 0 Å². The number of aryl methyl sites for hydroxylation is 2. The molecule has 2 heterocycles. The first-order valence-corrected chi connectivity index (χ1v) is 13.2. The molecule has 8 nitrogen and oxygen atoms in total. The molecule has 0 atom stereocenters. The number of nitrogens with zero attached hydrogens (tertiary/aromatic N) is 5. The molecule has 3 aromatic rings. The minimum absolute atomic E-state index is 0.00928. The van der Waals surface area contributed by atoms with Crippen molar-refractivity contribution in [2.24, 2.45) is 0 Å². The van der Waals surface area contributed by atoms with Gasteiger partial charge in [-0.3, -0.25) is 14.5 Å². The van der Waals surface area contributed by atoms with Gasteiger partial charge in [-0.05, 0) is 44.7 Å². The summed E-state index contributed by atoms with van der Waals surface area (Å²) in [5.74, 6) is 1.80. The summed E-state index contributed by atoms with van der Waals surface area (Å²) >= 11 is 7.03. The van der Waals surface area contributed by atoms with Crippen LogP contribution in [-0.4, -0.2) is 48.2 Å². The summed E-state index contributed by atoms with van der Waals surface area (Å²) < 4.78 is 4.73. The fraction of sp³-hybridized carbons (Fsp3) is 0.522. The maximum atomic E-state index is 12.5. The van der Waals surface area contributed by atoms with E-state index in [9.17, 15) is 4.79 Å². The maximum Gasteiger partial charge on any atom is 0.221 e. The highest BCUT2D eigenvalue weighted by molar-refractivity contribution is 7.98. The highest BCUT2D eigenvalue weighted by atomic mass is 32.2. The maximum absolute atomic E-state index is 12.5. The van der Waals surface area contributed by atoms with E-state index < -0.39 is 0 Å². The van der Waals surface area contributed by atoms with Crippen LogP contribution in [0.4, 0.5) is 0 Å². The molecule has 0 spiro atoms. The number of hydrogen-bond donors (Lipinski definition) is 2. The first-order chi connectivity index (χ1) is 16.1. The lowest BCUT2D eigenvalue weighted by atomic mass is 10.1. The fourth-order valence-corrected chi connectivity index (χ4v) is 5.17. The van der Waals surface area contributed by atoms with E-state index in [2.05, 4.69) is 36.5 Å². The van der Waals surface area contributed by atoms with E-state index in [1.807, 2.05) is 35.8 Å². The molecule has 176 valence electrons.